The first kappa shape index (κ1) is 16.9. The van der Waals surface area contributed by atoms with E-state index in [-0.39, 0.29) is 18.1 Å². The molecule has 1 aliphatic rings. The van der Waals surface area contributed by atoms with Gasteiger partial charge in [-0.05, 0) is 24.7 Å². The molecule has 0 aromatic rings. The number of nitrogens with one attached hydrogen (secondary N) is 1. The second-order valence-corrected chi connectivity index (χ2v) is 7.99. The molecule has 1 amide bonds. The van der Waals surface area contributed by atoms with Gasteiger partial charge >= 0.3 is 5.97 Å². The molecule has 1 saturated carbocycles. The first-order valence-corrected chi connectivity index (χ1v) is 8.93. The number of sulfone groups is 1. The van der Waals surface area contributed by atoms with E-state index in [1.807, 2.05) is 6.92 Å². The Kier molecular flexibility index (Phi) is 5.56. The maximum atomic E-state index is 11.9. The van der Waals surface area contributed by atoms with Gasteiger partial charge in [0, 0.05) is 12.7 Å². The maximum absolute atomic E-state index is 11.9. The number of carboxylic acids is 1. The molecule has 0 bridgehead atoms. The van der Waals surface area contributed by atoms with Crippen molar-refractivity contribution in [2.24, 2.45) is 5.41 Å². The molecule has 1 unspecified atom stereocenters. The first-order chi connectivity index (χ1) is 9.17. The van der Waals surface area contributed by atoms with Gasteiger partial charge in [0.2, 0.25) is 5.91 Å². The Morgan fingerprint density at radius 2 is 1.95 bits per heavy atom. The van der Waals surface area contributed by atoms with E-state index in [9.17, 15) is 18.0 Å². The average Bonchev–Trinajstić information content (AvgIpc) is 3.00. The van der Waals surface area contributed by atoms with Crippen LogP contribution < -0.4 is 5.32 Å². The number of carbonyl (C=O) groups excluding carboxylic acids is 1. The van der Waals surface area contributed by atoms with Crippen LogP contribution in [0.2, 0.25) is 0 Å². The van der Waals surface area contributed by atoms with Gasteiger partial charge in [-0.1, -0.05) is 19.8 Å². The molecule has 0 aromatic heterocycles. The average molecular weight is 305 g/mol. The van der Waals surface area contributed by atoms with E-state index in [1.165, 1.54) is 0 Å². The molecule has 0 aliphatic heterocycles. The Hall–Kier alpha value is -1.11. The zero-order valence-corrected chi connectivity index (χ0v) is 12.8. The van der Waals surface area contributed by atoms with Gasteiger partial charge in [0.1, 0.15) is 15.9 Å². The molecular formula is C13H23NO5S. The first-order valence-electron chi connectivity index (χ1n) is 6.87. The molecule has 0 saturated heterocycles. The summed E-state index contributed by atoms with van der Waals surface area (Å²) >= 11 is 0. The highest BCUT2D eigenvalue weighted by Gasteiger charge is 2.46. The summed E-state index contributed by atoms with van der Waals surface area (Å²) in [6.45, 7) is 1.95. The number of rotatable bonds is 9. The van der Waals surface area contributed by atoms with Crippen LogP contribution in [0.25, 0.3) is 0 Å². The second kappa shape index (κ2) is 6.56. The molecule has 116 valence electrons. The molecule has 0 heterocycles. The summed E-state index contributed by atoms with van der Waals surface area (Å²) in [6, 6.07) is -0.878. The van der Waals surface area contributed by atoms with Crippen molar-refractivity contribution >= 4 is 21.7 Å². The van der Waals surface area contributed by atoms with Crippen molar-refractivity contribution in [3.8, 4) is 0 Å². The SMILES string of the molecule is CCCCC(NC(=O)CC1(CS(C)(=O)=O)CC1)C(=O)O. The van der Waals surface area contributed by atoms with Crippen molar-refractivity contribution < 1.29 is 23.1 Å². The fraction of sp³-hybridized carbons (Fsp3) is 0.846. The van der Waals surface area contributed by atoms with E-state index >= 15 is 0 Å². The number of aliphatic carboxylic acids is 1. The lowest BCUT2D eigenvalue weighted by Gasteiger charge is -2.17. The van der Waals surface area contributed by atoms with Crippen LogP contribution in [0.3, 0.4) is 0 Å². The quantitative estimate of drug-likeness (QED) is 0.661. The highest BCUT2D eigenvalue weighted by atomic mass is 32.2. The Morgan fingerprint density at radius 3 is 2.35 bits per heavy atom. The summed E-state index contributed by atoms with van der Waals surface area (Å²) in [7, 11) is -3.12. The van der Waals surface area contributed by atoms with Crippen molar-refractivity contribution in [2.75, 3.05) is 12.0 Å². The number of hydrogen-bond donors (Lipinski definition) is 2. The van der Waals surface area contributed by atoms with Gasteiger partial charge in [-0.25, -0.2) is 13.2 Å². The van der Waals surface area contributed by atoms with E-state index in [1.54, 1.807) is 0 Å². The van der Waals surface area contributed by atoms with Crippen molar-refractivity contribution in [2.45, 2.75) is 51.5 Å². The topological polar surface area (TPSA) is 101 Å². The Bertz CT molecular complexity index is 467. The number of carboxylic acid groups (broad SMARTS) is 1. The minimum atomic E-state index is -3.12. The van der Waals surface area contributed by atoms with Crippen LogP contribution in [0.5, 0.6) is 0 Å². The smallest absolute Gasteiger partial charge is 0.326 e. The lowest BCUT2D eigenvalue weighted by molar-refractivity contribution is -0.142. The zero-order chi connectivity index (χ0) is 15.4. The van der Waals surface area contributed by atoms with Crippen LogP contribution in [-0.4, -0.2) is 43.5 Å². The molecular weight excluding hydrogens is 282 g/mol. The molecule has 6 nitrogen and oxygen atoms in total. The third kappa shape index (κ3) is 5.90. The van der Waals surface area contributed by atoms with E-state index in [0.717, 1.165) is 19.1 Å². The Balaban J connectivity index is 2.52. The van der Waals surface area contributed by atoms with E-state index in [4.69, 9.17) is 5.11 Å². The fourth-order valence-corrected chi connectivity index (χ4v) is 3.86. The van der Waals surface area contributed by atoms with Gasteiger partial charge in [0.25, 0.3) is 0 Å². The zero-order valence-electron chi connectivity index (χ0n) is 12.0. The lowest BCUT2D eigenvalue weighted by Crippen LogP contribution is -2.42. The maximum Gasteiger partial charge on any atom is 0.326 e. The minimum Gasteiger partial charge on any atom is -0.480 e. The standard InChI is InChI=1S/C13H23NO5S/c1-3-4-5-10(12(16)17)14-11(15)8-13(6-7-13)9-20(2,18)19/h10H,3-9H2,1-2H3,(H,14,15)(H,16,17). The molecule has 1 rings (SSSR count). The van der Waals surface area contributed by atoms with Crippen molar-refractivity contribution in [1.29, 1.82) is 0 Å². The molecule has 0 radical (unpaired) electrons. The molecule has 0 spiro atoms. The second-order valence-electron chi connectivity index (χ2n) is 5.85. The molecule has 1 fully saturated rings. The van der Waals surface area contributed by atoms with Crippen LogP contribution in [0.15, 0.2) is 0 Å². The van der Waals surface area contributed by atoms with Crippen molar-refractivity contribution in [1.82, 2.24) is 5.32 Å². The summed E-state index contributed by atoms with van der Waals surface area (Å²) in [5, 5.41) is 11.5. The van der Waals surface area contributed by atoms with Gasteiger partial charge in [0.15, 0.2) is 0 Å². The van der Waals surface area contributed by atoms with Gasteiger partial charge in [-0.2, -0.15) is 0 Å². The Labute approximate surface area is 119 Å². The van der Waals surface area contributed by atoms with E-state index < -0.39 is 27.3 Å². The number of unbranched alkanes of at least 4 members (excludes halogenated alkanes) is 1. The highest BCUT2D eigenvalue weighted by molar-refractivity contribution is 7.90. The minimum absolute atomic E-state index is 0.000117. The third-order valence-corrected chi connectivity index (χ3v) is 4.68. The number of amides is 1. The normalized spacial score (nSPS) is 18.3. The summed E-state index contributed by atoms with van der Waals surface area (Å²) in [6.07, 6.45) is 4.66. The van der Waals surface area contributed by atoms with Crippen molar-refractivity contribution in [3.05, 3.63) is 0 Å². The predicted octanol–water partition coefficient (Wildman–Crippen LogP) is 0.961. The molecule has 7 heteroatoms. The molecule has 0 aromatic carbocycles. The monoisotopic (exact) mass is 305 g/mol. The summed E-state index contributed by atoms with van der Waals surface area (Å²) in [5.41, 5.74) is -0.467. The van der Waals surface area contributed by atoms with Crippen LogP contribution >= 0.6 is 0 Å². The molecule has 20 heavy (non-hydrogen) atoms. The van der Waals surface area contributed by atoms with Gasteiger partial charge < -0.3 is 10.4 Å². The number of carbonyl (C=O) groups is 2. The van der Waals surface area contributed by atoms with Crippen molar-refractivity contribution in [3.63, 3.8) is 0 Å². The van der Waals surface area contributed by atoms with Crippen LogP contribution in [0.1, 0.15) is 45.4 Å². The van der Waals surface area contributed by atoms with Gasteiger partial charge in [0.05, 0.1) is 5.75 Å². The van der Waals surface area contributed by atoms with Gasteiger partial charge in [-0.15, -0.1) is 0 Å². The lowest BCUT2D eigenvalue weighted by atomic mass is 10.0. The van der Waals surface area contributed by atoms with Crippen LogP contribution in [0.4, 0.5) is 0 Å². The van der Waals surface area contributed by atoms with E-state index in [0.29, 0.717) is 19.3 Å². The van der Waals surface area contributed by atoms with Crippen LogP contribution in [-0.2, 0) is 19.4 Å². The van der Waals surface area contributed by atoms with E-state index in [2.05, 4.69) is 5.32 Å². The Morgan fingerprint density at radius 1 is 1.35 bits per heavy atom. The summed E-state index contributed by atoms with van der Waals surface area (Å²) in [5.74, 6) is -1.41. The summed E-state index contributed by atoms with van der Waals surface area (Å²) in [4.78, 5) is 22.9. The summed E-state index contributed by atoms with van der Waals surface area (Å²) < 4.78 is 22.6. The van der Waals surface area contributed by atoms with Gasteiger partial charge in [-0.3, -0.25) is 4.79 Å². The number of hydrogen-bond acceptors (Lipinski definition) is 4. The van der Waals surface area contributed by atoms with Crippen LogP contribution in [0, 0.1) is 5.41 Å². The largest absolute Gasteiger partial charge is 0.480 e. The molecule has 1 aliphatic carbocycles. The fourth-order valence-electron chi connectivity index (χ4n) is 2.36. The predicted molar refractivity (Wildman–Crippen MR) is 75.1 cm³/mol. The molecule has 2 N–H and O–H groups in total. The third-order valence-electron chi connectivity index (χ3n) is 3.54. The molecule has 1 atom stereocenters. The highest BCUT2D eigenvalue weighted by Crippen LogP contribution is 2.49.